The van der Waals surface area contributed by atoms with Crippen molar-refractivity contribution in [2.45, 2.75) is 25.7 Å². The Morgan fingerprint density at radius 2 is 1.92 bits per heavy atom. The molecule has 3 heteroatoms. The molecule has 1 saturated carbocycles. The maximum atomic E-state index is 11.8. The molecule has 13 heavy (non-hydrogen) atoms. The SMILES string of the molecule is FCCNCC1CCCCC1CCl. The van der Waals surface area contributed by atoms with Crippen LogP contribution in [0.25, 0.3) is 0 Å². The Kier molecular flexibility index (Phi) is 5.72. The van der Waals surface area contributed by atoms with Crippen LogP contribution in [0.2, 0.25) is 0 Å². The molecule has 0 bridgehead atoms. The number of hydrogen-bond donors (Lipinski definition) is 1. The van der Waals surface area contributed by atoms with Gasteiger partial charge in [-0.1, -0.05) is 12.8 Å². The van der Waals surface area contributed by atoms with Gasteiger partial charge in [-0.15, -0.1) is 11.6 Å². The van der Waals surface area contributed by atoms with E-state index in [0.717, 1.165) is 12.4 Å². The molecule has 0 spiro atoms. The summed E-state index contributed by atoms with van der Waals surface area (Å²) in [7, 11) is 0. The molecule has 0 aromatic carbocycles. The molecule has 1 rings (SSSR count). The first kappa shape index (κ1) is 11.3. The number of alkyl halides is 2. The summed E-state index contributed by atoms with van der Waals surface area (Å²) in [6.07, 6.45) is 5.15. The van der Waals surface area contributed by atoms with E-state index in [4.69, 9.17) is 11.6 Å². The van der Waals surface area contributed by atoms with Crippen molar-refractivity contribution in [1.82, 2.24) is 5.32 Å². The first-order valence-corrected chi connectivity index (χ1v) is 5.74. The molecule has 1 aliphatic carbocycles. The average Bonchev–Trinajstić information content (AvgIpc) is 2.19. The zero-order valence-corrected chi connectivity index (χ0v) is 8.82. The third kappa shape index (κ3) is 3.82. The van der Waals surface area contributed by atoms with Gasteiger partial charge in [0, 0.05) is 12.4 Å². The smallest absolute Gasteiger partial charge is 0.102 e. The highest BCUT2D eigenvalue weighted by Crippen LogP contribution is 2.30. The van der Waals surface area contributed by atoms with E-state index in [2.05, 4.69) is 5.32 Å². The van der Waals surface area contributed by atoms with Gasteiger partial charge in [0.1, 0.15) is 6.67 Å². The minimum atomic E-state index is -0.266. The molecule has 0 saturated heterocycles. The lowest BCUT2D eigenvalue weighted by molar-refractivity contribution is 0.249. The Morgan fingerprint density at radius 1 is 1.23 bits per heavy atom. The molecule has 0 heterocycles. The second kappa shape index (κ2) is 6.61. The standard InChI is InChI=1S/C10H19ClFN/c11-7-9-3-1-2-4-10(9)8-13-6-5-12/h9-10,13H,1-8H2. The highest BCUT2D eigenvalue weighted by molar-refractivity contribution is 6.18. The maximum Gasteiger partial charge on any atom is 0.102 e. The normalized spacial score (nSPS) is 29.1. The van der Waals surface area contributed by atoms with E-state index < -0.39 is 0 Å². The molecule has 0 aromatic heterocycles. The Hall–Kier alpha value is 0.180. The predicted molar refractivity (Wildman–Crippen MR) is 55.0 cm³/mol. The van der Waals surface area contributed by atoms with Crippen LogP contribution in [0.3, 0.4) is 0 Å². The molecular formula is C10H19ClFN. The molecule has 2 atom stereocenters. The van der Waals surface area contributed by atoms with E-state index >= 15 is 0 Å². The van der Waals surface area contributed by atoms with E-state index in [1.165, 1.54) is 25.7 Å². The summed E-state index contributed by atoms with van der Waals surface area (Å²) >= 11 is 5.89. The maximum absolute atomic E-state index is 11.8. The van der Waals surface area contributed by atoms with Crippen molar-refractivity contribution >= 4 is 11.6 Å². The van der Waals surface area contributed by atoms with Crippen LogP contribution >= 0.6 is 11.6 Å². The van der Waals surface area contributed by atoms with E-state index in [-0.39, 0.29) is 6.67 Å². The van der Waals surface area contributed by atoms with Crippen molar-refractivity contribution < 1.29 is 4.39 Å². The van der Waals surface area contributed by atoms with Crippen LogP contribution in [0.1, 0.15) is 25.7 Å². The van der Waals surface area contributed by atoms with Crippen LogP contribution < -0.4 is 5.32 Å². The summed E-state index contributed by atoms with van der Waals surface area (Å²) in [4.78, 5) is 0. The number of nitrogens with one attached hydrogen (secondary N) is 1. The van der Waals surface area contributed by atoms with E-state index in [0.29, 0.717) is 18.4 Å². The van der Waals surface area contributed by atoms with E-state index in [1.54, 1.807) is 0 Å². The van der Waals surface area contributed by atoms with Crippen LogP contribution in [-0.4, -0.2) is 25.6 Å². The van der Waals surface area contributed by atoms with Gasteiger partial charge >= 0.3 is 0 Å². The van der Waals surface area contributed by atoms with Gasteiger partial charge < -0.3 is 5.32 Å². The summed E-state index contributed by atoms with van der Waals surface area (Å²) in [5.41, 5.74) is 0. The summed E-state index contributed by atoms with van der Waals surface area (Å²) < 4.78 is 11.8. The molecule has 1 N–H and O–H groups in total. The monoisotopic (exact) mass is 207 g/mol. The van der Waals surface area contributed by atoms with Crippen molar-refractivity contribution in [3.05, 3.63) is 0 Å². The summed E-state index contributed by atoms with van der Waals surface area (Å²) in [5.74, 6) is 2.10. The van der Waals surface area contributed by atoms with Gasteiger partial charge in [0.15, 0.2) is 0 Å². The van der Waals surface area contributed by atoms with Gasteiger partial charge in [-0.05, 0) is 31.2 Å². The fraction of sp³-hybridized carbons (Fsp3) is 1.00. The lowest BCUT2D eigenvalue weighted by atomic mass is 9.80. The van der Waals surface area contributed by atoms with E-state index in [9.17, 15) is 4.39 Å². The van der Waals surface area contributed by atoms with E-state index in [1.807, 2.05) is 0 Å². The molecule has 0 amide bonds. The van der Waals surface area contributed by atoms with Gasteiger partial charge in [-0.2, -0.15) is 0 Å². The molecular weight excluding hydrogens is 189 g/mol. The molecule has 2 unspecified atom stereocenters. The minimum Gasteiger partial charge on any atom is -0.314 e. The van der Waals surface area contributed by atoms with Gasteiger partial charge in [0.05, 0.1) is 0 Å². The summed E-state index contributed by atoms with van der Waals surface area (Å²) in [6, 6.07) is 0. The molecule has 1 aliphatic rings. The number of halogens is 2. The van der Waals surface area contributed by atoms with Crippen molar-refractivity contribution in [2.75, 3.05) is 25.6 Å². The van der Waals surface area contributed by atoms with Crippen LogP contribution in [0.15, 0.2) is 0 Å². The second-order valence-corrected chi connectivity index (χ2v) is 4.16. The molecule has 78 valence electrons. The fourth-order valence-electron chi connectivity index (χ4n) is 2.11. The van der Waals surface area contributed by atoms with Gasteiger partial charge in [0.25, 0.3) is 0 Å². The number of hydrogen-bond acceptors (Lipinski definition) is 1. The quantitative estimate of drug-likeness (QED) is 0.540. The number of rotatable bonds is 5. The van der Waals surface area contributed by atoms with Gasteiger partial charge in [-0.3, -0.25) is 0 Å². The van der Waals surface area contributed by atoms with Crippen LogP contribution in [0.5, 0.6) is 0 Å². The molecule has 0 aromatic rings. The molecule has 1 fully saturated rings. The van der Waals surface area contributed by atoms with Crippen LogP contribution in [0.4, 0.5) is 4.39 Å². The first-order valence-electron chi connectivity index (χ1n) is 5.21. The third-order valence-electron chi connectivity index (χ3n) is 2.94. The highest BCUT2D eigenvalue weighted by Gasteiger charge is 2.23. The van der Waals surface area contributed by atoms with Gasteiger partial charge in [0.2, 0.25) is 0 Å². The molecule has 1 nitrogen and oxygen atoms in total. The first-order chi connectivity index (χ1) is 6.38. The van der Waals surface area contributed by atoms with Gasteiger partial charge in [-0.25, -0.2) is 4.39 Å². The highest BCUT2D eigenvalue weighted by atomic mass is 35.5. The van der Waals surface area contributed by atoms with Crippen molar-refractivity contribution in [1.29, 1.82) is 0 Å². The predicted octanol–water partition coefficient (Wildman–Crippen LogP) is 2.59. The van der Waals surface area contributed by atoms with Crippen LogP contribution in [0, 0.1) is 11.8 Å². The third-order valence-corrected chi connectivity index (χ3v) is 3.34. The lowest BCUT2D eigenvalue weighted by Crippen LogP contribution is -2.32. The average molecular weight is 208 g/mol. The van der Waals surface area contributed by atoms with Crippen molar-refractivity contribution in [3.8, 4) is 0 Å². The Balaban J connectivity index is 2.19. The minimum absolute atomic E-state index is 0.266. The Bertz CT molecular complexity index is 132. The molecule has 0 radical (unpaired) electrons. The lowest BCUT2D eigenvalue weighted by Gasteiger charge is -2.30. The summed E-state index contributed by atoms with van der Waals surface area (Å²) in [6.45, 7) is 1.17. The topological polar surface area (TPSA) is 12.0 Å². The van der Waals surface area contributed by atoms with Crippen molar-refractivity contribution in [2.24, 2.45) is 11.8 Å². The molecule has 0 aliphatic heterocycles. The second-order valence-electron chi connectivity index (χ2n) is 3.85. The Morgan fingerprint density at radius 3 is 2.54 bits per heavy atom. The zero-order valence-electron chi connectivity index (χ0n) is 8.07. The van der Waals surface area contributed by atoms with Crippen molar-refractivity contribution in [3.63, 3.8) is 0 Å². The largest absolute Gasteiger partial charge is 0.314 e. The fourth-order valence-corrected chi connectivity index (χ4v) is 2.52. The van der Waals surface area contributed by atoms with Crippen LogP contribution in [-0.2, 0) is 0 Å². The Labute approximate surface area is 85.0 Å². The zero-order chi connectivity index (χ0) is 9.52. The summed E-state index contributed by atoms with van der Waals surface area (Å²) in [5, 5.41) is 3.14.